The van der Waals surface area contributed by atoms with Gasteiger partial charge in [-0.15, -0.1) is 12.4 Å². The summed E-state index contributed by atoms with van der Waals surface area (Å²) in [6, 6.07) is 14.8. The maximum Gasteiger partial charge on any atom is 0.166 e. The normalized spacial score (nSPS) is 10.7. The molecule has 8 nitrogen and oxygen atoms in total. The van der Waals surface area contributed by atoms with Crippen molar-refractivity contribution < 1.29 is 4.74 Å². The number of fused-ring (bicyclic) bond motifs is 2. The Morgan fingerprint density at radius 2 is 1.86 bits per heavy atom. The lowest BCUT2D eigenvalue weighted by molar-refractivity contribution is 0.483. The first-order valence-electron chi connectivity index (χ1n) is 8.23. The van der Waals surface area contributed by atoms with Crippen LogP contribution in [0.4, 0.5) is 5.82 Å². The van der Waals surface area contributed by atoms with Crippen molar-refractivity contribution in [1.29, 1.82) is 0 Å². The van der Waals surface area contributed by atoms with Gasteiger partial charge in [-0.2, -0.15) is 5.10 Å². The molecule has 0 atom stereocenters. The SMILES string of the molecule is Cl.Nc1nc(-c2ccccc2Oc2ccn3ncnc3c2)nc2cccnc12. The Hall–Kier alpha value is -3.78. The first-order valence-corrected chi connectivity index (χ1v) is 8.23. The highest BCUT2D eigenvalue weighted by molar-refractivity contribution is 5.86. The molecule has 0 fully saturated rings. The number of rotatable bonds is 3. The van der Waals surface area contributed by atoms with E-state index in [1.165, 1.54) is 6.33 Å². The maximum absolute atomic E-state index is 6.08. The third-order valence-electron chi connectivity index (χ3n) is 4.09. The van der Waals surface area contributed by atoms with Crippen LogP contribution >= 0.6 is 12.4 Å². The largest absolute Gasteiger partial charge is 0.456 e. The van der Waals surface area contributed by atoms with E-state index in [-0.39, 0.29) is 12.4 Å². The van der Waals surface area contributed by atoms with E-state index in [1.54, 1.807) is 16.9 Å². The molecule has 0 radical (unpaired) electrons. The highest BCUT2D eigenvalue weighted by Gasteiger charge is 2.13. The van der Waals surface area contributed by atoms with Crippen LogP contribution in [0.25, 0.3) is 28.1 Å². The Labute approximate surface area is 165 Å². The van der Waals surface area contributed by atoms with Crippen LogP contribution in [-0.4, -0.2) is 29.5 Å². The fourth-order valence-electron chi connectivity index (χ4n) is 2.84. The summed E-state index contributed by atoms with van der Waals surface area (Å²) in [5.74, 6) is 2.06. The number of nitrogen functional groups attached to an aromatic ring is 1. The van der Waals surface area contributed by atoms with Gasteiger partial charge < -0.3 is 10.5 Å². The molecule has 0 amide bonds. The summed E-state index contributed by atoms with van der Waals surface area (Å²) >= 11 is 0. The summed E-state index contributed by atoms with van der Waals surface area (Å²) in [6.07, 6.45) is 4.95. The molecule has 0 saturated carbocycles. The average molecular weight is 392 g/mol. The zero-order chi connectivity index (χ0) is 18.2. The molecule has 0 aliphatic heterocycles. The summed E-state index contributed by atoms with van der Waals surface area (Å²) in [5, 5.41) is 4.08. The van der Waals surface area contributed by atoms with Crippen LogP contribution in [-0.2, 0) is 0 Å². The van der Waals surface area contributed by atoms with E-state index >= 15 is 0 Å². The van der Waals surface area contributed by atoms with Gasteiger partial charge in [-0.3, -0.25) is 4.98 Å². The van der Waals surface area contributed by atoms with Gasteiger partial charge in [0.15, 0.2) is 17.3 Å². The van der Waals surface area contributed by atoms with Crippen molar-refractivity contribution in [3.8, 4) is 22.9 Å². The van der Waals surface area contributed by atoms with Crippen molar-refractivity contribution in [3.05, 3.63) is 67.3 Å². The number of anilines is 1. The number of nitrogens with two attached hydrogens (primary N) is 1. The lowest BCUT2D eigenvalue weighted by Crippen LogP contribution is -2.00. The van der Waals surface area contributed by atoms with Gasteiger partial charge in [0, 0.05) is 18.5 Å². The zero-order valence-electron chi connectivity index (χ0n) is 14.4. The minimum atomic E-state index is 0. The van der Waals surface area contributed by atoms with Gasteiger partial charge in [0.1, 0.15) is 23.3 Å². The Morgan fingerprint density at radius 3 is 2.79 bits per heavy atom. The van der Waals surface area contributed by atoms with Crippen LogP contribution in [0, 0.1) is 0 Å². The fourth-order valence-corrected chi connectivity index (χ4v) is 2.84. The smallest absolute Gasteiger partial charge is 0.166 e. The summed E-state index contributed by atoms with van der Waals surface area (Å²) in [7, 11) is 0. The van der Waals surface area contributed by atoms with Crippen molar-refractivity contribution >= 4 is 34.9 Å². The van der Waals surface area contributed by atoms with Crippen LogP contribution in [0.1, 0.15) is 0 Å². The van der Waals surface area contributed by atoms with E-state index in [0.29, 0.717) is 39.8 Å². The van der Waals surface area contributed by atoms with E-state index in [1.807, 2.05) is 48.5 Å². The summed E-state index contributed by atoms with van der Waals surface area (Å²) in [6.45, 7) is 0. The molecule has 0 bridgehead atoms. The van der Waals surface area contributed by atoms with Crippen molar-refractivity contribution in [2.75, 3.05) is 5.73 Å². The topological polar surface area (TPSA) is 104 Å². The number of aromatic nitrogens is 6. The van der Waals surface area contributed by atoms with E-state index in [0.717, 1.165) is 5.56 Å². The van der Waals surface area contributed by atoms with E-state index in [4.69, 9.17) is 10.5 Å². The lowest BCUT2D eigenvalue weighted by atomic mass is 10.2. The van der Waals surface area contributed by atoms with Crippen molar-refractivity contribution in [3.63, 3.8) is 0 Å². The Balaban J connectivity index is 0.00000192. The minimum absolute atomic E-state index is 0. The molecule has 28 heavy (non-hydrogen) atoms. The Kier molecular flexibility index (Phi) is 4.46. The molecule has 5 rings (SSSR count). The molecule has 0 spiro atoms. The summed E-state index contributed by atoms with van der Waals surface area (Å²) in [4.78, 5) is 17.4. The monoisotopic (exact) mass is 391 g/mol. The van der Waals surface area contributed by atoms with Crippen LogP contribution in [0.15, 0.2) is 67.3 Å². The fraction of sp³-hybridized carbons (Fsp3) is 0. The number of nitrogens with zero attached hydrogens (tertiary/aromatic N) is 6. The predicted molar refractivity (Wildman–Crippen MR) is 107 cm³/mol. The summed E-state index contributed by atoms with van der Waals surface area (Å²) < 4.78 is 7.74. The van der Waals surface area contributed by atoms with Crippen molar-refractivity contribution in [2.24, 2.45) is 0 Å². The number of hydrogen-bond acceptors (Lipinski definition) is 7. The second-order valence-corrected chi connectivity index (χ2v) is 5.83. The number of hydrogen-bond donors (Lipinski definition) is 1. The standard InChI is InChI=1S/C19H13N7O.ClH/c20-18-17-14(5-3-8-21-17)24-19(25-18)13-4-1-2-6-15(13)27-12-7-9-26-16(10-12)22-11-23-26;/h1-11H,(H2,20,24,25);1H. The van der Waals surface area contributed by atoms with Gasteiger partial charge in [0.2, 0.25) is 0 Å². The Morgan fingerprint density at radius 1 is 0.964 bits per heavy atom. The molecule has 0 saturated heterocycles. The highest BCUT2D eigenvalue weighted by atomic mass is 35.5. The minimum Gasteiger partial charge on any atom is -0.456 e. The van der Waals surface area contributed by atoms with Crippen LogP contribution in [0.2, 0.25) is 0 Å². The van der Waals surface area contributed by atoms with Crippen molar-refractivity contribution in [1.82, 2.24) is 29.5 Å². The molecular weight excluding hydrogens is 378 g/mol. The first kappa shape index (κ1) is 17.6. The second kappa shape index (κ2) is 7.09. The molecule has 1 aromatic carbocycles. The molecule has 0 unspecified atom stereocenters. The number of benzene rings is 1. The van der Waals surface area contributed by atoms with Gasteiger partial charge >= 0.3 is 0 Å². The highest BCUT2D eigenvalue weighted by Crippen LogP contribution is 2.32. The van der Waals surface area contributed by atoms with Gasteiger partial charge in [-0.25, -0.2) is 19.5 Å². The van der Waals surface area contributed by atoms with E-state index in [9.17, 15) is 0 Å². The molecule has 4 heterocycles. The number of halogens is 1. The molecule has 0 aliphatic rings. The third-order valence-corrected chi connectivity index (χ3v) is 4.09. The quantitative estimate of drug-likeness (QED) is 0.501. The third kappa shape index (κ3) is 3.06. The number of pyridine rings is 2. The van der Waals surface area contributed by atoms with Crippen molar-refractivity contribution in [2.45, 2.75) is 0 Å². The number of ether oxygens (including phenoxy) is 1. The maximum atomic E-state index is 6.08. The molecule has 2 N–H and O–H groups in total. The zero-order valence-corrected chi connectivity index (χ0v) is 15.2. The lowest BCUT2D eigenvalue weighted by Gasteiger charge is -2.11. The van der Waals surface area contributed by atoms with E-state index < -0.39 is 0 Å². The first-order chi connectivity index (χ1) is 13.3. The van der Waals surface area contributed by atoms with Crippen LogP contribution in [0.3, 0.4) is 0 Å². The summed E-state index contributed by atoms with van der Waals surface area (Å²) in [5.41, 5.74) is 8.76. The number of para-hydroxylation sites is 1. The molecule has 9 heteroatoms. The van der Waals surface area contributed by atoms with Gasteiger partial charge in [-0.05, 0) is 30.3 Å². The average Bonchev–Trinajstić information content (AvgIpc) is 3.16. The van der Waals surface area contributed by atoms with Gasteiger partial charge in [-0.1, -0.05) is 12.1 Å². The van der Waals surface area contributed by atoms with E-state index in [2.05, 4.69) is 25.0 Å². The molecule has 4 aromatic heterocycles. The van der Waals surface area contributed by atoms with Gasteiger partial charge in [0.05, 0.1) is 11.1 Å². The molecular formula is C19H14ClN7O. The molecule has 5 aromatic rings. The van der Waals surface area contributed by atoms with Crippen LogP contribution < -0.4 is 10.5 Å². The second-order valence-electron chi connectivity index (χ2n) is 5.83. The van der Waals surface area contributed by atoms with Crippen LogP contribution in [0.5, 0.6) is 11.5 Å². The molecule has 0 aliphatic carbocycles. The predicted octanol–water partition coefficient (Wildman–Crippen LogP) is 3.53. The Bertz CT molecular complexity index is 1290. The molecule has 138 valence electrons. The van der Waals surface area contributed by atoms with Gasteiger partial charge in [0.25, 0.3) is 0 Å².